The van der Waals surface area contributed by atoms with Crippen LogP contribution in [0.15, 0.2) is 30.3 Å². The largest absolute Gasteiger partial charge is 0.476 e. The van der Waals surface area contributed by atoms with Crippen LogP contribution in [0, 0.1) is 17.0 Å². The van der Waals surface area contributed by atoms with Gasteiger partial charge in [0, 0.05) is 36.9 Å². The Hall–Kier alpha value is -3.23. The van der Waals surface area contributed by atoms with Crippen molar-refractivity contribution >= 4 is 17.4 Å². The minimum Gasteiger partial charge on any atom is -0.476 e. The second-order valence-electron chi connectivity index (χ2n) is 6.57. The number of carbonyl (C=O) groups is 1. The van der Waals surface area contributed by atoms with E-state index < -0.39 is 4.92 Å². The Morgan fingerprint density at radius 3 is 2.79 bits per heavy atom. The topological polar surface area (TPSA) is 110 Å². The van der Waals surface area contributed by atoms with Crippen LogP contribution in [0.3, 0.4) is 0 Å². The molecule has 1 N–H and O–H groups in total. The molecule has 0 spiro atoms. The smallest absolute Gasteiger partial charge is 0.270 e. The predicted octanol–water partition coefficient (Wildman–Crippen LogP) is 2.49. The first-order valence-electron chi connectivity index (χ1n) is 9.29. The second kappa shape index (κ2) is 9.12. The zero-order valence-corrected chi connectivity index (χ0v) is 15.8. The van der Waals surface area contributed by atoms with E-state index in [2.05, 4.69) is 20.2 Å². The average molecular weight is 385 g/mol. The fourth-order valence-electron chi connectivity index (χ4n) is 3.07. The number of carbonyl (C=O) groups excluding carboxylic acids is 1. The summed E-state index contributed by atoms with van der Waals surface area (Å²) in [6.07, 6.45) is 3.56. The number of hydrogen-bond acceptors (Lipinski definition) is 7. The van der Waals surface area contributed by atoms with Crippen LogP contribution in [0.1, 0.15) is 35.4 Å². The van der Waals surface area contributed by atoms with Crippen molar-refractivity contribution in [1.82, 2.24) is 15.3 Å². The molecule has 2 heterocycles. The Kier molecular flexibility index (Phi) is 6.36. The van der Waals surface area contributed by atoms with Gasteiger partial charge >= 0.3 is 0 Å². The Morgan fingerprint density at radius 2 is 2.04 bits per heavy atom. The summed E-state index contributed by atoms with van der Waals surface area (Å²) in [7, 11) is 0. The van der Waals surface area contributed by atoms with E-state index in [4.69, 9.17) is 4.74 Å². The summed E-state index contributed by atoms with van der Waals surface area (Å²) in [6.45, 7) is 4.27. The van der Waals surface area contributed by atoms with Gasteiger partial charge in [-0.05, 0) is 32.3 Å². The van der Waals surface area contributed by atoms with Crippen LogP contribution < -0.4 is 15.0 Å². The van der Waals surface area contributed by atoms with Crippen LogP contribution in [-0.4, -0.2) is 47.0 Å². The molecule has 1 aromatic carbocycles. The molecule has 3 rings (SSSR count). The van der Waals surface area contributed by atoms with Gasteiger partial charge in [0.25, 0.3) is 11.6 Å². The first-order chi connectivity index (χ1) is 13.5. The van der Waals surface area contributed by atoms with Crippen LogP contribution in [-0.2, 0) is 0 Å². The van der Waals surface area contributed by atoms with Crippen molar-refractivity contribution in [3.63, 3.8) is 0 Å². The lowest BCUT2D eigenvalue weighted by Gasteiger charge is -2.28. The highest BCUT2D eigenvalue weighted by molar-refractivity contribution is 5.94. The summed E-state index contributed by atoms with van der Waals surface area (Å²) in [4.78, 5) is 33.4. The quantitative estimate of drug-likeness (QED) is 0.443. The number of non-ortho nitro benzene ring substituents is 1. The number of piperidine rings is 1. The van der Waals surface area contributed by atoms with Gasteiger partial charge in [0.1, 0.15) is 18.2 Å². The Labute approximate surface area is 162 Å². The maximum atomic E-state index is 12.1. The van der Waals surface area contributed by atoms with E-state index in [0.717, 1.165) is 31.7 Å². The molecule has 28 heavy (non-hydrogen) atoms. The lowest BCUT2D eigenvalue weighted by atomic mass is 10.1. The third kappa shape index (κ3) is 5.15. The molecular weight excluding hydrogens is 362 g/mol. The number of benzene rings is 1. The van der Waals surface area contributed by atoms with Crippen molar-refractivity contribution in [3.05, 3.63) is 51.8 Å². The zero-order valence-electron chi connectivity index (χ0n) is 15.8. The molecule has 0 bridgehead atoms. The molecule has 1 aliphatic rings. The van der Waals surface area contributed by atoms with Crippen LogP contribution in [0.4, 0.5) is 11.5 Å². The summed E-state index contributed by atoms with van der Waals surface area (Å²) >= 11 is 0. The van der Waals surface area contributed by atoms with Gasteiger partial charge in [-0.3, -0.25) is 14.9 Å². The molecule has 1 amide bonds. The number of amides is 1. The van der Waals surface area contributed by atoms with Gasteiger partial charge in [-0.15, -0.1) is 0 Å². The number of nitrogens with one attached hydrogen (secondary N) is 1. The average Bonchev–Trinajstić information content (AvgIpc) is 2.71. The molecule has 0 unspecified atom stereocenters. The van der Waals surface area contributed by atoms with Crippen LogP contribution in [0.5, 0.6) is 5.88 Å². The minimum absolute atomic E-state index is 0.120. The van der Waals surface area contributed by atoms with Crippen molar-refractivity contribution in [1.29, 1.82) is 0 Å². The van der Waals surface area contributed by atoms with Gasteiger partial charge in [0.05, 0.1) is 11.5 Å². The van der Waals surface area contributed by atoms with E-state index in [1.54, 1.807) is 0 Å². The van der Waals surface area contributed by atoms with Gasteiger partial charge < -0.3 is 15.0 Å². The molecule has 1 aliphatic heterocycles. The van der Waals surface area contributed by atoms with Crippen molar-refractivity contribution in [2.45, 2.75) is 26.2 Å². The highest BCUT2D eigenvalue weighted by Gasteiger charge is 2.15. The molecule has 148 valence electrons. The molecule has 0 atom stereocenters. The number of nitrogens with zero attached hydrogens (tertiary/aromatic N) is 4. The highest BCUT2D eigenvalue weighted by Crippen LogP contribution is 2.21. The number of nitro benzene ring substituents is 1. The fraction of sp³-hybridized carbons (Fsp3) is 0.421. The van der Waals surface area contributed by atoms with Gasteiger partial charge in [-0.2, -0.15) is 4.98 Å². The lowest BCUT2D eigenvalue weighted by Crippen LogP contribution is -2.30. The SMILES string of the molecule is Cc1nc(OCCNC(=O)c2cccc([N+](=O)[O-])c2)cc(N2CCCCC2)n1. The Morgan fingerprint density at radius 1 is 1.25 bits per heavy atom. The second-order valence-corrected chi connectivity index (χ2v) is 6.57. The summed E-state index contributed by atoms with van der Waals surface area (Å²) in [5.41, 5.74) is 0.116. The minimum atomic E-state index is -0.530. The zero-order chi connectivity index (χ0) is 19.9. The maximum Gasteiger partial charge on any atom is 0.270 e. The van der Waals surface area contributed by atoms with E-state index in [9.17, 15) is 14.9 Å². The first kappa shape index (κ1) is 19.5. The van der Waals surface area contributed by atoms with Gasteiger partial charge in [-0.25, -0.2) is 4.98 Å². The van der Waals surface area contributed by atoms with Crippen LogP contribution in [0.2, 0.25) is 0 Å². The predicted molar refractivity (Wildman–Crippen MR) is 104 cm³/mol. The highest BCUT2D eigenvalue weighted by atomic mass is 16.6. The molecule has 9 nitrogen and oxygen atoms in total. The lowest BCUT2D eigenvalue weighted by molar-refractivity contribution is -0.384. The monoisotopic (exact) mass is 385 g/mol. The summed E-state index contributed by atoms with van der Waals surface area (Å²) in [5.74, 6) is 1.58. The van der Waals surface area contributed by atoms with Crippen LogP contribution in [0.25, 0.3) is 0 Å². The number of aryl methyl sites for hydroxylation is 1. The number of nitro groups is 1. The molecule has 0 aliphatic carbocycles. The summed E-state index contributed by atoms with van der Waals surface area (Å²) in [5, 5.41) is 13.5. The fourth-order valence-corrected chi connectivity index (χ4v) is 3.07. The maximum absolute atomic E-state index is 12.1. The normalized spacial score (nSPS) is 13.8. The van der Waals surface area contributed by atoms with E-state index in [0.29, 0.717) is 11.7 Å². The molecule has 9 heteroatoms. The molecule has 2 aromatic rings. The molecule has 1 fully saturated rings. The number of aromatic nitrogens is 2. The summed E-state index contributed by atoms with van der Waals surface area (Å²) in [6, 6.07) is 7.42. The Bertz CT molecular complexity index is 852. The number of rotatable bonds is 7. The van der Waals surface area contributed by atoms with Crippen molar-refractivity contribution in [2.24, 2.45) is 0 Å². The molecule has 0 saturated carbocycles. The molecule has 0 radical (unpaired) electrons. The van der Waals surface area contributed by atoms with Gasteiger partial charge in [0.15, 0.2) is 0 Å². The van der Waals surface area contributed by atoms with Crippen molar-refractivity contribution < 1.29 is 14.5 Å². The molecule has 1 aromatic heterocycles. The molecular formula is C19H23N5O4. The van der Waals surface area contributed by atoms with E-state index in [1.165, 1.54) is 30.7 Å². The third-order valence-corrected chi connectivity index (χ3v) is 4.44. The van der Waals surface area contributed by atoms with Crippen LogP contribution >= 0.6 is 0 Å². The standard InChI is InChI=1S/C19H23N5O4/c1-14-21-17(23-9-3-2-4-10-23)13-18(22-14)28-11-8-20-19(25)15-6-5-7-16(12-15)24(26)27/h5-7,12-13H,2-4,8-11H2,1H3,(H,20,25). The van der Waals surface area contributed by atoms with Crippen molar-refractivity contribution in [2.75, 3.05) is 31.1 Å². The van der Waals surface area contributed by atoms with E-state index in [1.807, 2.05) is 13.0 Å². The first-order valence-corrected chi connectivity index (χ1v) is 9.29. The van der Waals surface area contributed by atoms with Gasteiger partial charge in [-0.1, -0.05) is 6.07 Å². The number of anilines is 1. The van der Waals surface area contributed by atoms with E-state index in [-0.39, 0.29) is 30.3 Å². The van der Waals surface area contributed by atoms with Gasteiger partial charge in [0.2, 0.25) is 5.88 Å². The summed E-state index contributed by atoms with van der Waals surface area (Å²) < 4.78 is 5.67. The third-order valence-electron chi connectivity index (χ3n) is 4.44. The van der Waals surface area contributed by atoms with Crippen molar-refractivity contribution in [3.8, 4) is 5.88 Å². The number of hydrogen-bond donors (Lipinski definition) is 1. The van der Waals surface area contributed by atoms with E-state index >= 15 is 0 Å². The molecule has 1 saturated heterocycles. The Balaban J connectivity index is 1.52. The number of ether oxygens (including phenoxy) is 1.